The van der Waals surface area contributed by atoms with E-state index in [-0.39, 0.29) is 23.4 Å². The Morgan fingerprint density at radius 3 is 2.59 bits per heavy atom. The minimum absolute atomic E-state index is 0.0105. The number of amides is 1. The molecule has 1 aliphatic heterocycles. The number of carbonyl (C=O) groups excluding carboxylic acids is 1. The summed E-state index contributed by atoms with van der Waals surface area (Å²) in [5.41, 5.74) is 1.63. The Labute approximate surface area is 167 Å². The number of morpholine rings is 1. The van der Waals surface area contributed by atoms with Gasteiger partial charge in [-0.1, -0.05) is 18.2 Å². The maximum absolute atomic E-state index is 12.9. The van der Waals surface area contributed by atoms with Crippen LogP contribution in [0.25, 0.3) is 0 Å². The van der Waals surface area contributed by atoms with Crippen LogP contribution in [0.2, 0.25) is 0 Å². The highest BCUT2D eigenvalue weighted by molar-refractivity contribution is 6.09. The van der Waals surface area contributed by atoms with Gasteiger partial charge in [0.1, 0.15) is 5.69 Å². The van der Waals surface area contributed by atoms with Crippen LogP contribution in [0, 0.1) is 10.1 Å². The van der Waals surface area contributed by atoms with Crippen LogP contribution in [0.1, 0.15) is 22.3 Å². The number of nitrogens with zero attached hydrogens (tertiary/aromatic N) is 2. The molecular weight excluding hydrogens is 378 g/mol. The first-order valence-corrected chi connectivity index (χ1v) is 9.18. The second kappa shape index (κ2) is 9.16. The van der Waals surface area contributed by atoms with E-state index >= 15 is 0 Å². The number of nitrogens with one attached hydrogen (secondary N) is 1. The van der Waals surface area contributed by atoms with Crippen LogP contribution in [0.15, 0.2) is 42.5 Å². The number of carboxylic acid groups (broad SMARTS) is 1. The van der Waals surface area contributed by atoms with E-state index in [4.69, 9.17) is 9.84 Å². The number of nitro benzene ring substituents is 1. The molecule has 9 nitrogen and oxygen atoms in total. The molecule has 0 unspecified atom stereocenters. The molecule has 2 aromatic carbocycles. The number of hydrogen-bond donors (Lipinski definition) is 2. The highest BCUT2D eigenvalue weighted by Crippen LogP contribution is 2.33. The number of anilines is 2. The smallest absolute Gasteiger partial charge is 0.303 e. The summed E-state index contributed by atoms with van der Waals surface area (Å²) in [7, 11) is 0. The number of hydrogen-bond acceptors (Lipinski definition) is 6. The number of aliphatic carboxylic acids is 1. The van der Waals surface area contributed by atoms with Crippen LogP contribution < -0.4 is 10.2 Å². The van der Waals surface area contributed by atoms with Gasteiger partial charge < -0.3 is 20.1 Å². The second-order valence-corrected chi connectivity index (χ2v) is 6.58. The molecule has 1 fully saturated rings. The van der Waals surface area contributed by atoms with Crippen LogP contribution in [0.3, 0.4) is 0 Å². The zero-order valence-corrected chi connectivity index (χ0v) is 15.7. The minimum Gasteiger partial charge on any atom is -0.481 e. The normalized spacial score (nSPS) is 13.7. The zero-order valence-electron chi connectivity index (χ0n) is 15.7. The SMILES string of the molecule is O=C(O)CCc1cccc(NC(=O)c2cccc([N+](=O)[O-])c2N2CCOCC2)c1. The van der Waals surface area contributed by atoms with E-state index < -0.39 is 16.8 Å². The Morgan fingerprint density at radius 2 is 1.90 bits per heavy atom. The van der Waals surface area contributed by atoms with Crippen molar-refractivity contribution < 1.29 is 24.4 Å². The fourth-order valence-corrected chi connectivity index (χ4v) is 3.24. The van der Waals surface area contributed by atoms with Gasteiger partial charge in [0.25, 0.3) is 11.6 Å². The molecule has 0 atom stereocenters. The fraction of sp³-hybridized carbons (Fsp3) is 0.300. The van der Waals surface area contributed by atoms with Gasteiger partial charge in [0.15, 0.2) is 0 Å². The van der Waals surface area contributed by atoms with Crippen molar-refractivity contribution in [1.82, 2.24) is 0 Å². The molecule has 2 N–H and O–H groups in total. The van der Waals surface area contributed by atoms with Crippen molar-refractivity contribution in [2.75, 3.05) is 36.5 Å². The van der Waals surface area contributed by atoms with Gasteiger partial charge in [-0.2, -0.15) is 0 Å². The van der Waals surface area contributed by atoms with Crippen molar-refractivity contribution in [3.05, 3.63) is 63.7 Å². The topological polar surface area (TPSA) is 122 Å². The molecule has 0 aliphatic carbocycles. The molecule has 1 heterocycles. The molecule has 0 aromatic heterocycles. The lowest BCUT2D eigenvalue weighted by atomic mass is 10.1. The van der Waals surface area contributed by atoms with Crippen molar-refractivity contribution in [3.63, 3.8) is 0 Å². The van der Waals surface area contributed by atoms with E-state index in [0.29, 0.717) is 38.4 Å². The molecule has 2 aromatic rings. The lowest BCUT2D eigenvalue weighted by Crippen LogP contribution is -2.37. The van der Waals surface area contributed by atoms with Gasteiger partial charge in [-0.05, 0) is 30.2 Å². The lowest BCUT2D eigenvalue weighted by molar-refractivity contribution is -0.384. The maximum Gasteiger partial charge on any atom is 0.303 e. The monoisotopic (exact) mass is 399 g/mol. The highest BCUT2D eigenvalue weighted by Gasteiger charge is 2.27. The first-order valence-electron chi connectivity index (χ1n) is 9.18. The average Bonchev–Trinajstić information content (AvgIpc) is 2.72. The van der Waals surface area contributed by atoms with E-state index in [1.807, 2.05) is 0 Å². The van der Waals surface area contributed by atoms with Gasteiger partial charge >= 0.3 is 5.97 Å². The molecule has 1 amide bonds. The van der Waals surface area contributed by atoms with E-state index in [9.17, 15) is 19.7 Å². The minimum atomic E-state index is -0.897. The summed E-state index contributed by atoms with van der Waals surface area (Å²) in [6.45, 7) is 1.77. The number of carbonyl (C=O) groups is 2. The Bertz CT molecular complexity index is 924. The molecule has 0 radical (unpaired) electrons. The zero-order chi connectivity index (χ0) is 20.8. The molecule has 152 valence electrons. The first kappa shape index (κ1) is 20.3. The molecule has 1 saturated heterocycles. The Balaban J connectivity index is 1.87. The van der Waals surface area contributed by atoms with Gasteiger partial charge in [-0.3, -0.25) is 19.7 Å². The van der Waals surface area contributed by atoms with E-state index in [0.717, 1.165) is 5.56 Å². The number of aryl methyl sites for hydroxylation is 1. The predicted octanol–water partition coefficient (Wildman–Crippen LogP) is 2.70. The maximum atomic E-state index is 12.9. The summed E-state index contributed by atoms with van der Waals surface area (Å²) >= 11 is 0. The van der Waals surface area contributed by atoms with Crippen molar-refractivity contribution in [1.29, 1.82) is 0 Å². The molecule has 0 saturated carbocycles. The molecule has 9 heteroatoms. The van der Waals surface area contributed by atoms with Crippen LogP contribution in [-0.4, -0.2) is 48.2 Å². The average molecular weight is 399 g/mol. The van der Waals surface area contributed by atoms with Crippen LogP contribution in [-0.2, 0) is 16.0 Å². The largest absolute Gasteiger partial charge is 0.481 e. The number of carboxylic acids is 1. The fourth-order valence-electron chi connectivity index (χ4n) is 3.24. The number of para-hydroxylation sites is 1. The molecular formula is C20H21N3O6. The number of benzene rings is 2. The first-order chi connectivity index (χ1) is 14.0. The van der Waals surface area contributed by atoms with E-state index in [1.165, 1.54) is 12.1 Å². The molecule has 0 bridgehead atoms. The number of nitro groups is 1. The summed E-state index contributed by atoms with van der Waals surface area (Å²) < 4.78 is 5.32. The summed E-state index contributed by atoms with van der Waals surface area (Å²) in [4.78, 5) is 36.5. The summed E-state index contributed by atoms with van der Waals surface area (Å²) in [5, 5.41) is 23.1. The van der Waals surface area contributed by atoms with Crippen molar-refractivity contribution >= 4 is 28.9 Å². The van der Waals surface area contributed by atoms with Crippen molar-refractivity contribution in [2.45, 2.75) is 12.8 Å². The van der Waals surface area contributed by atoms with Gasteiger partial charge in [0.05, 0.1) is 23.7 Å². The Kier molecular flexibility index (Phi) is 6.40. The second-order valence-electron chi connectivity index (χ2n) is 6.58. The molecule has 3 rings (SSSR count). The molecule has 29 heavy (non-hydrogen) atoms. The third-order valence-corrected chi connectivity index (χ3v) is 4.60. The summed E-state index contributed by atoms with van der Waals surface area (Å²) in [6.07, 6.45) is 0.332. The third kappa shape index (κ3) is 5.08. The lowest BCUT2D eigenvalue weighted by Gasteiger charge is -2.29. The van der Waals surface area contributed by atoms with Crippen molar-refractivity contribution in [3.8, 4) is 0 Å². The standard InChI is InChI=1S/C20H21N3O6/c24-18(25)8-7-14-3-1-4-15(13-14)21-20(26)16-5-2-6-17(23(27)28)19(16)22-9-11-29-12-10-22/h1-6,13H,7-12H2,(H,21,26)(H,24,25). The van der Waals surface area contributed by atoms with Gasteiger partial charge in [0, 0.05) is 31.3 Å². The van der Waals surface area contributed by atoms with Gasteiger partial charge in [0.2, 0.25) is 0 Å². The van der Waals surface area contributed by atoms with Crippen LogP contribution in [0.5, 0.6) is 0 Å². The quantitative estimate of drug-likeness (QED) is 0.542. The van der Waals surface area contributed by atoms with Crippen LogP contribution in [0.4, 0.5) is 17.1 Å². The van der Waals surface area contributed by atoms with Gasteiger partial charge in [-0.15, -0.1) is 0 Å². The van der Waals surface area contributed by atoms with E-state index in [1.54, 1.807) is 35.2 Å². The predicted molar refractivity (Wildman–Crippen MR) is 106 cm³/mol. The van der Waals surface area contributed by atoms with Crippen LogP contribution >= 0.6 is 0 Å². The highest BCUT2D eigenvalue weighted by atomic mass is 16.6. The van der Waals surface area contributed by atoms with Crippen molar-refractivity contribution in [2.24, 2.45) is 0 Å². The number of ether oxygens (including phenoxy) is 1. The Hall–Kier alpha value is -3.46. The summed E-state index contributed by atoms with van der Waals surface area (Å²) in [6, 6.07) is 11.3. The van der Waals surface area contributed by atoms with Gasteiger partial charge in [-0.25, -0.2) is 0 Å². The molecule has 1 aliphatic rings. The Morgan fingerprint density at radius 1 is 1.17 bits per heavy atom. The van der Waals surface area contributed by atoms with E-state index in [2.05, 4.69) is 5.32 Å². The number of rotatable bonds is 7. The summed E-state index contributed by atoms with van der Waals surface area (Å²) in [5.74, 6) is -1.36. The molecule has 0 spiro atoms. The third-order valence-electron chi connectivity index (χ3n) is 4.60.